The zero-order chi connectivity index (χ0) is 12.3. The van der Waals surface area contributed by atoms with Crippen molar-refractivity contribution in [2.75, 3.05) is 7.11 Å². The van der Waals surface area contributed by atoms with Gasteiger partial charge in [-0.3, -0.25) is 9.59 Å². The minimum absolute atomic E-state index is 0.480. The smallest absolute Gasteiger partial charge is 0.160 e. The first-order valence-electron chi connectivity index (χ1n) is 4.96. The van der Waals surface area contributed by atoms with Crippen molar-refractivity contribution in [3.63, 3.8) is 0 Å². The molecule has 4 heteroatoms. The van der Waals surface area contributed by atoms with Crippen molar-refractivity contribution in [2.45, 2.75) is 0 Å². The number of carbonyl (C=O) groups is 2. The van der Waals surface area contributed by atoms with Crippen molar-refractivity contribution in [3.8, 4) is 16.9 Å². The Balaban J connectivity index is 2.53. The van der Waals surface area contributed by atoms with Gasteiger partial charge < -0.3 is 4.74 Å². The second kappa shape index (κ2) is 4.93. The largest absolute Gasteiger partial charge is 0.496 e. The van der Waals surface area contributed by atoms with E-state index < -0.39 is 0 Å². The maximum atomic E-state index is 10.9. The molecule has 0 radical (unpaired) electrons. The van der Waals surface area contributed by atoms with Gasteiger partial charge in [0.2, 0.25) is 0 Å². The summed E-state index contributed by atoms with van der Waals surface area (Å²) in [7, 11) is 1.52. The number of hydrogen-bond donors (Lipinski definition) is 0. The van der Waals surface area contributed by atoms with Crippen LogP contribution in [0, 0.1) is 0 Å². The van der Waals surface area contributed by atoms with Gasteiger partial charge in [-0.05, 0) is 29.1 Å². The van der Waals surface area contributed by atoms with E-state index in [0.29, 0.717) is 16.2 Å². The number of methoxy groups -OCH3 is 1. The molecule has 1 aromatic carbocycles. The van der Waals surface area contributed by atoms with Crippen LogP contribution in [0.15, 0.2) is 29.6 Å². The fourth-order valence-corrected chi connectivity index (χ4v) is 2.36. The Hall–Kier alpha value is -1.94. The molecule has 0 amide bonds. The molecule has 2 aromatic rings. The summed E-state index contributed by atoms with van der Waals surface area (Å²) in [6.45, 7) is 0. The zero-order valence-corrected chi connectivity index (χ0v) is 9.99. The highest BCUT2D eigenvalue weighted by Crippen LogP contribution is 2.30. The Labute approximate surface area is 103 Å². The summed E-state index contributed by atoms with van der Waals surface area (Å²) in [5.74, 6) is 0.534. The molecule has 0 N–H and O–H groups in total. The predicted molar refractivity (Wildman–Crippen MR) is 67.1 cm³/mol. The molecule has 1 heterocycles. The average molecular weight is 246 g/mol. The van der Waals surface area contributed by atoms with Crippen LogP contribution in [0.5, 0.6) is 5.75 Å². The highest BCUT2D eigenvalue weighted by Gasteiger charge is 2.09. The van der Waals surface area contributed by atoms with Gasteiger partial charge in [0.05, 0.1) is 17.6 Å². The van der Waals surface area contributed by atoms with E-state index in [2.05, 4.69) is 0 Å². The molecule has 0 bridgehead atoms. The number of benzene rings is 1. The topological polar surface area (TPSA) is 43.4 Å². The number of carbonyl (C=O) groups excluding carboxylic acids is 2. The van der Waals surface area contributed by atoms with Crippen LogP contribution in [-0.2, 0) is 0 Å². The number of ether oxygens (including phenoxy) is 1. The van der Waals surface area contributed by atoms with Crippen LogP contribution in [0.1, 0.15) is 20.0 Å². The van der Waals surface area contributed by atoms with E-state index in [1.54, 1.807) is 12.1 Å². The second-order valence-electron chi connectivity index (χ2n) is 3.39. The van der Waals surface area contributed by atoms with Gasteiger partial charge in [0, 0.05) is 5.56 Å². The molecule has 0 aliphatic rings. The van der Waals surface area contributed by atoms with Crippen LogP contribution in [-0.4, -0.2) is 19.7 Å². The third kappa shape index (κ3) is 2.12. The highest BCUT2D eigenvalue weighted by atomic mass is 32.1. The third-order valence-electron chi connectivity index (χ3n) is 2.47. The van der Waals surface area contributed by atoms with E-state index >= 15 is 0 Å². The van der Waals surface area contributed by atoms with E-state index in [0.717, 1.165) is 23.7 Å². The fourth-order valence-electron chi connectivity index (χ4n) is 1.64. The standard InChI is InChI=1S/C13H10O3S/c1-16-12-3-2-9(6-10(12)7-14)11-4-5-17-13(11)8-15/h2-8H,1H3. The fraction of sp³-hybridized carbons (Fsp3) is 0.0769. The molecule has 1 aromatic heterocycles. The summed E-state index contributed by atoms with van der Waals surface area (Å²) in [6.07, 6.45) is 1.57. The van der Waals surface area contributed by atoms with Gasteiger partial charge in [0.15, 0.2) is 12.6 Å². The van der Waals surface area contributed by atoms with Gasteiger partial charge >= 0.3 is 0 Å². The van der Waals surface area contributed by atoms with Crippen molar-refractivity contribution in [2.24, 2.45) is 0 Å². The number of thiophene rings is 1. The SMILES string of the molecule is COc1ccc(-c2ccsc2C=O)cc1C=O. The minimum Gasteiger partial charge on any atom is -0.496 e. The molecule has 0 fully saturated rings. The molecule has 0 unspecified atom stereocenters. The van der Waals surface area contributed by atoms with E-state index in [1.807, 2.05) is 17.5 Å². The molecule has 86 valence electrons. The highest BCUT2D eigenvalue weighted by molar-refractivity contribution is 7.12. The van der Waals surface area contributed by atoms with Gasteiger partial charge in [0.25, 0.3) is 0 Å². The first-order valence-corrected chi connectivity index (χ1v) is 5.84. The maximum Gasteiger partial charge on any atom is 0.160 e. The molecule has 2 rings (SSSR count). The van der Waals surface area contributed by atoms with Gasteiger partial charge in [-0.1, -0.05) is 6.07 Å². The van der Waals surface area contributed by atoms with E-state index in [-0.39, 0.29) is 0 Å². The summed E-state index contributed by atoms with van der Waals surface area (Å²) in [6, 6.07) is 7.15. The second-order valence-corrected chi connectivity index (χ2v) is 4.34. The van der Waals surface area contributed by atoms with E-state index in [9.17, 15) is 9.59 Å². The Morgan fingerprint density at radius 3 is 2.65 bits per heavy atom. The van der Waals surface area contributed by atoms with Gasteiger partial charge in [-0.2, -0.15) is 0 Å². The summed E-state index contributed by atoms with van der Waals surface area (Å²) >= 11 is 1.38. The van der Waals surface area contributed by atoms with Crippen LogP contribution in [0.25, 0.3) is 11.1 Å². The van der Waals surface area contributed by atoms with E-state index in [1.165, 1.54) is 18.4 Å². The van der Waals surface area contributed by atoms with Crippen LogP contribution in [0.3, 0.4) is 0 Å². The Morgan fingerprint density at radius 1 is 1.18 bits per heavy atom. The first-order chi connectivity index (χ1) is 8.30. The first kappa shape index (κ1) is 11.5. The van der Waals surface area contributed by atoms with Gasteiger partial charge in [-0.15, -0.1) is 11.3 Å². The maximum absolute atomic E-state index is 10.9. The van der Waals surface area contributed by atoms with Crippen molar-refractivity contribution in [1.82, 2.24) is 0 Å². The lowest BCUT2D eigenvalue weighted by atomic mass is 10.0. The molecular weight excluding hydrogens is 236 g/mol. The lowest BCUT2D eigenvalue weighted by Crippen LogP contribution is -1.91. The molecule has 17 heavy (non-hydrogen) atoms. The number of aldehydes is 2. The number of rotatable bonds is 4. The number of hydrogen-bond acceptors (Lipinski definition) is 4. The van der Waals surface area contributed by atoms with Gasteiger partial charge in [0.1, 0.15) is 5.75 Å². The van der Waals surface area contributed by atoms with Crippen LogP contribution in [0.4, 0.5) is 0 Å². The summed E-state index contributed by atoms with van der Waals surface area (Å²) < 4.78 is 5.07. The van der Waals surface area contributed by atoms with Crippen LogP contribution in [0.2, 0.25) is 0 Å². The summed E-state index contributed by atoms with van der Waals surface area (Å²) in [5, 5.41) is 1.85. The van der Waals surface area contributed by atoms with Crippen molar-refractivity contribution in [3.05, 3.63) is 40.1 Å². The molecule has 0 spiro atoms. The third-order valence-corrected chi connectivity index (χ3v) is 3.31. The van der Waals surface area contributed by atoms with Crippen molar-refractivity contribution in [1.29, 1.82) is 0 Å². The molecule has 0 aliphatic carbocycles. The van der Waals surface area contributed by atoms with Crippen molar-refractivity contribution < 1.29 is 14.3 Å². The summed E-state index contributed by atoms with van der Waals surface area (Å²) in [5.41, 5.74) is 2.17. The Kier molecular flexibility index (Phi) is 3.35. The Morgan fingerprint density at radius 2 is 2.00 bits per heavy atom. The lowest BCUT2D eigenvalue weighted by Gasteiger charge is -2.06. The Bertz CT molecular complexity index is 558. The van der Waals surface area contributed by atoms with Crippen molar-refractivity contribution >= 4 is 23.9 Å². The molecule has 0 saturated carbocycles. The minimum atomic E-state index is 0.480. The van der Waals surface area contributed by atoms with Gasteiger partial charge in [-0.25, -0.2) is 0 Å². The van der Waals surface area contributed by atoms with Crippen LogP contribution >= 0.6 is 11.3 Å². The average Bonchev–Trinajstić information content (AvgIpc) is 2.86. The molecule has 0 saturated heterocycles. The molecular formula is C13H10O3S. The summed E-state index contributed by atoms with van der Waals surface area (Å²) in [4.78, 5) is 22.4. The normalized spacial score (nSPS) is 9.94. The van der Waals surface area contributed by atoms with E-state index in [4.69, 9.17) is 4.74 Å². The monoisotopic (exact) mass is 246 g/mol. The molecule has 0 aliphatic heterocycles. The predicted octanol–water partition coefficient (Wildman–Crippen LogP) is 3.05. The lowest BCUT2D eigenvalue weighted by molar-refractivity contribution is 0.111. The molecule has 3 nitrogen and oxygen atoms in total. The van der Waals surface area contributed by atoms with Crippen LogP contribution < -0.4 is 4.74 Å². The quantitative estimate of drug-likeness (QED) is 0.779. The zero-order valence-electron chi connectivity index (χ0n) is 9.17. The molecule has 0 atom stereocenters.